The Balaban J connectivity index is 2.16. The van der Waals surface area contributed by atoms with E-state index in [1.807, 2.05) is 0 Å². The third-order valence-electron chi connectivity index (χ3n) is 2.33. The molecule has 1 heterocycles. The van der Waals surface area contributed by atoms with Crippen molar-refractivity contribution in [3.63, 3.8) is 0 Å². The van der Waals surface area contributed by atoms with Gasteiger partial charge in [0.15, 0.2) is 0 Å². The summed E-state index contributed by atoms with van der Waals surface area (Å²) in [5, 5.41) is 0.767. The summed E-state index contributed by atoms with van der Waals surface area (Å²) < 4.78 is 12.3. The summed E-state index contributed by atoms with van der Waals surface area (Å²) in [6, 6.07) is 0. The molecular formula is C8H17FN2. The van der Waals surface area contributed by atoms with Gasteiger partial charge in [0, 0.05) is 26.7 Å². The molecule has 0 bridgehead atoms. The van der Waals surface area contributed by atoms with E-state index >= 15 is 0 Å². The Kier molecular flexibility index (Phi) is 2.50. The smallest absolute Gasteiger partial charge is 0.0293 e. The first-order chi connectivity index (χ1) is 5.02. The summed E-state index contributed by atoms with van der Waals surface area (Å²) in [4.78, 5) is 2.26. The third-order valence-corrected chi connectivity index (χ3v) is 2.33. The standard InChI is InChI=1S/C8H17FN2/c1-8(4-5-11(3)9)6-10(2)7-8/h4-7H2,1-3H3. The fourth-order valence-electron chi connectivity index (χ4n) is 1.84. The Morgan fingerprint density at radius 3 is 2.45 bits per heavy atom. The number of nitrogens with zero attached hydrogens (tertiary/aromatic N) is 2. The highest BCUT2D eigenvalue weighted by Crippen LogP contribution is 2.31. The minimum atomic E-state index is 0.370. The Morgan fingerprint density at radius 2 is 2.09 bits per heavy atom. The number of hydrogen-bond donors (Lipinski definition) is 0. The van der Waals surface area contributed by atoms with Crippen molar-refractivity contribution >= 4 is 0 Å². The van der Waals surface area contributed by atoms with Crippen LogP contribution in [0.4, 0.5) is 4.48 Å². The van der Waals surface area contributed by atoms with Crippen LogP contribution in [0.15, 0.2) is 0 Å². The third kappa shape index (κ3) is 2.42. The number of rotatable bonds is 3. The summed E-state index contributed by atoms with van der Waals surface area (Å²) >= 11 is 0. The van der Waals surface area contributed by atoms with E-state index in [0.717, 1.165) is 24.6 Å². The molecular weight excluding hydrogens is 143 g/mol. The maximum Gasteiger partial charge on any atom is 0.0293 e. The van der Waals surface area contributed by atoms with Gasteiger partial charge in [0.1, 0.15) is 0 Å². The fraction of sp³-hybridized carbons (Fsp3) is 1.00. The SMILES string of the molecule is CN(F)CCC1(C)CN(C)C1. The van der Waals surface area contributed by atoms with Crippen LogP contribution in [0.3, 0.4) is 0 Å². The van der Waals surface area contributed by atoms with Gasteiger partial charge >= 0.3 is 0 Å². The van der Waals surface area contributed by atoms with E-state index in [1.165, 1.54) is 7.05 Å². The average Bonchev–Trinajstić information content (AvgIpc) is 1.81. The van der Waals surface area contributed by atoms with E-state index in [-0.39, 0.29) is 0 Å². The van der Waals surface area contributed by atoms with Gasteiger partial charge in [-0.3, -0.25) is 0 Å². The molecule has 0 saturated carbocycles. The molecule has 1 fully saturated rings. The van der Waals surface area contributed by atoms with Crippen molar-refractivity contribution in [2.24, 2.45) is 5.41 Å². The zero-order valence-corrected chi connectivity index (χ0v) is 7.60. The number of likely N-dealkylation sites (tertiary alicyclic amines) is 1. The van der Waals surface area contributed by atoms with Crippen molar-refractivity contribution in [3.8, 4) is 0 Å². The van der Waals surface area contributed by atoms with Crippen molar-refractivity contribution in [2.75, 3.05) is 33.7 Å². The van der Waals surface area contributed by atoms with Crippen molar-refractivity contribution in [2.45, 2.75) is 13.3 Å². The predicted molar refractivity (Wildman–Crippen MR) is 44.0 cm³/mol. The largest absolute Gasteiger partial charge is 0.305 e. The van der Waals surface area contributed by atoms with Gasteiger partial charge in [-0.15, -0.1) is 9.60 Å². The van der Waals surface area contributed by atoms with E-state index in [2.05, 4.69) is 18.9 Å². The van der Waals surface area contributed by atoms with E-state index in [9.17, 15) is 4.48 Å². The number of hydrogen-bond acceptors (Lipinski definition) is 2. The second kappa shape index (κ2) is 3.07. The summed E-state index contributed by atoms with van der Waals surface area (Å²) in [6.07, 6.45) is 0.963. The first kappa shape index (κ1) is 8.94. The first-order valence-electron chi connectivity index (χ1n) is 4.07. The summed E-state index contributed by atoms with van der Waals surface area (Å²) in [5.41, 5.74) is 0.370. The minimum Gasteiger partial charge on any atom is -0.305 e. The van der Waals surface area contributed by atoms with Crippen molar-refractivity contribution in [1.82, 2.24) is 10.0 Å². The van der Waals surface area contributed by atoms with Crippen LogP contribution < -0.4 is 0 Å². The molecule has 0 N–H and O–H groups in total. The van der Waals surface area contributed by atoms with E-state index in [1.54, 1.807) is 0 Å². The van der Waals surface area contributed by atoms with E-state index in [4.69, 9.17) is 0 Å². The highest BCUT2D eigenvalue weighted by Gasteiger charge is 2.35. The monoisotopic (exact) mass is 160 g/mol. The maximum absolute atomic E-state index is 12.3. The molecule has 3 heteroatoms. The van der Waals surface area contributed by atoms with Gasteiger partial charge in [-0.1, -0.05) is 6.92 Å². The van der Waals surface area contributed by atoms with Crippen LogP contribution in [-0.2, 0) is 0 Å². The van der Waals surface area contributed by atoms with Crippen molar-refractivity contribution < 1.29 is 4.48 Å². The first-order valence-corrected chi connectivity index (χ1v) is 4.07. The minimum absolute atomic E-state index is 0.370. The lowest BCUT2D eigenvalue weighted by molar-refractivity contribution is -0.00831. The normalized spacial score (nSPS) is 23.7. The zero-order valence-electron chi connectivity index (χ0n) is 7.60. The van der Waals surface area contributed by atoms with Crippen molar-refractivity contribution in [1.29, 1.82) is 0 Å². The average molecular weight is 160 g/mol. The highest BCUT2D eigenvalue weighted by molar-refractivity contribution is 4.89. The molecule has 0 aliphatic carbocycles. The molecule has 66 valence electrons. The van der Waals surface area contributed by atoms with Crippen LogP contribution >= 0.6 is 0 Å². The molecule has 11 heavy (non-hydrogen) atoms. The Morgan fingerprint density at radius 1 is 1.55 bits per heavy atom. The van der Waals surface area contributed by atoms with E-state index < -0.39 is 0 Å². The quantitative estimate of drug-likeness (QED) is 0.571. The molecule has 0 aromatic carbocycles. The Bertz CT molecular complexity index is 130. The van der Waals surface area contributed by atoms with Gasteiger partial charge in [0.2, 0.25) is 0 Å². The molecule has 0 aromatic rings. The Hall–Kier alpha value is -0.150. The summed E-state index contributed by atoms with van der Waals surface area (Å²) in [7, 11) is 3.58. The second-order valence-corrected chi connectivity index (χ2v) is 4.06. The van der Waals surface area contributed by atoms with Crippen LogP contribution in [0, 0.1) is 5.41 Å². The highest BCUT2D eigenvalue weighted by atomic mass is 19.2. The van der Waals surface area contributed by atoms with Crippen LogP contribution in [-0.4, -0.2) is 43.8 Å². The van der Waals surface area contributed by atoms with Crippen LogP contribution in [0.1, 0.15) is 13.3 Å². The summed E-state index contributed by atoms with van der Waals surface area (Å²) in [6.45, 7) is 5.00. The van der Waals surface area contributed by atoms with Crippen LogP contribution in [0.2, 0.25) is 0 Å². The molecule has 1 aliphatic rings. The molecule has 0 amide bonds. The lowest BCUT2D eigenvalue weighted by Crippen LogP contribution is -2.53. The second-order valence-electron chi connectivity index (χ2n) is 4.06. The molecule has 1 saturated heterocycles. The molecule has 0 aromatic heterocycles. The molecule has 0 atom stereocenters. The Labute approximate surface area is 67.9 Å². The predicted octanol–water partition coefficient (Wildman–Crippen LogP) is 1.14. The van der Waals surface area contributed by atoms with Gasteiger partial charge in [0.05, 0.1) is 0 Å². The van der Waals surface area contributed by atoms with Gasteiger partial charge in [-0.2, -0.15) is 0 Å². The van der Waals surface area contributed by atoms with Gasteiger partial charge in [-0.25, -0.2) is 0 Å². The molecule has 1 rings (SSSR count). The maximum atomic E-state index is 12.3. The molecule has 1 aliphatic heterocycles. The lowest BCUT2D eigenvalue weighted by Gasteiger charge is -2.46. The van der Waals surface area contributed by atoms with Gasteiger partial charge < -0.3 is 4.90 Å². The van der Waals surface area contributed by atoms with Crippen molar-refractivity contribution in [3.05, 3.63) is 0 Å². The molecule has 0 spiro atoms. The molecule has 0 unspecified atom stereocenters. The lowest BCUT2D eigenvalue weighted by atomic mass is 9.79. The van der Waals surface area contributed by atoms with Gasteiger partial charge in [0.25, 0.3) is 0 Å². The van der Waals surface area contributed by atoms with Gasteiger partial charge in [-0.05, 0) is 18.9 Å². The fourth-order valence-corrected chi connectivity index (χ4v) is 1.84. The van der Waals surface area contributed by atoms with Crippen LogP contribution in [0.25, 0.3) is 0 Å². The topological polar surface area (TPSA) is 6.48 Å². The van der Waals surface area contributed by atoms with Crippen LogP contribution in [0.5, 0.6) is 0 Å². The zero-order chi connectivity index (χ0) is 8.48. The molecule has 2 nitrogen and oxygen atoms in total. The van der Waals surface area contributed by atoms with E-state index in [0.29, 0.717) is 12.0 Å². The number of halogens is 1. The molecule has 0 radical (unpaired) electrons. The summed E-state index contributed by atoms with van der Waals surface area (Å²) in [5.74, 6) is 0.